The second-order valence-corrected chi connectivity index (χ2v) is 4.30. The smallest absolute Gasteiger partial charge is 0.255 e. The van der Waals surface area contributed by atoms with Crippen LogP contribution < -0.4 is 11.1 Å². The van der Waals surface area contributed by atoms with Gasteiger partial charge in [0.05, 0.1) is 16.9 Å². The van der Waals surface area contributed by atoms with Crippen LogP contribution in [0.5, 0.6) is 0 Å². The Kier molecular flexibility index (Phi) is 3.67. The van der Waals surface area contributed by atoms with Gasteiger partial charge in [0.15, 0.2) is 0 Å². The number of rotatable bonds is 2. The first-order valence-electron chi connectivity index (χ1n) is 5.89. The number of halogens is 1. The van der Waals surface area contributed by atoms with Gasteiger partial charge < -0.3 is 11.1 Å². The number of hydrogen-bond acceptors (Lipinski definition) is 3. The molecule has 0 fully saturated rings. The molecule has 1 amide bonds. The Morgan fingerprint density at radius 2 is 2.10 bits per heavy atom. The highest BCUT2D eigenvalue weighted by atomic mass is 19.1. The second kappa shape index (κ2) is 5.41. The van der Waals surface area contributed by atoms with Crippen LogP contribution in [0.1, 0.15) is 21.5 Å². The van der Waals surface area contributed by atoms with Gasteiger partial charge in [-0.3, -0.25) is 4.79 Å². The summed E-state index contributed by atoms with van der Waals surface area (Å²) in [6.07, 6.45) is 0. The number of carbonyl (C=O) groups excluding carboxylic acids is 1. The third-order valence-electron chi connectivity index (χ3n) is 2.90. The van der Waals surface area contributed by atoms with Gasteiger partial charge in [0.2, 0.25) is 0 Å². The summed E-state index contributed by atoms with van der Waals surface area (Å²) >= 11 is 0. The topological polar surface area (TPSA) is 78.9 Å². The Morgan fingerprint density at radius 3 is 2.75 bits per heavy atom. The summed E-state index contributed by atoms with van der Waals surface area (Å²) < 4.78 is 13.3. The molecule has 3 N–H and O–H groups in total. The number of anilines is 2. The van der Waals surface area contributed by atoms with Crippen molar-refractivity contribution < 1.29 is 9.18 Å². The van der Waals surface area contributed by atoms with Crippen molar-refractivity contribution in [2.75, 3.05) is 11.1 Å². The Bertz CT molecular complexity index is 720. The number of carbonyl (C=O) groups is 1. The SMILES string of the molecule is Cc1cccc(NC(=O)c2ccc(N)c(F)c2)c1C#N. The van der Waals surface area contributed by atoms with Gasteiger partial charge in [0.1, 0.15) is 11.9 Å². The van der Waals surface area contributed by atoms with Gasteiger partial charge in [-0.1, -0.05) is 12.1 Å². The van der Waals surface area contributed by atoms with Crippen LogP contribution in [0.2, 0.25) is 0 Å². The van der Waals surface area contributed by atoms with Gasteiger partial charge in [0.25, 0.3) is 5.91 Å². The fourth-order valence-corrected chi connectivity index (χ4v) is 1.78. The minimum Gasteiger partial charge on any atom is -0.396 e. The molecule has 0 atom stereocenters. The lowest BCUT2D eigenvalue weighted by molar-refractivity contribution is 0.102. The maximum atomic E-state index is 13.3. The number of hydrogen-bond donors (Lipinski definition) is 2. The van der Waals surface area contributed by atoms with Crippen LogP contribution >= 0.6 is 0 Å². The minimum absolute atomic E-state index is 0.0187. The van der Waals surface area contributed by atoms with E-state index in [-0.39, 0.29) is 11.3 Å². The van der Waals surface area contributed by atoms with Crippen molar-refractivity contribution in [2.24, 2.45) is 0 Å². The average Bonchev–Trinajstić information content (AvgIpc) is 2.42. The fraction of sp³-hybridized carbons (Fsp3) is 0.0667. The molecular formula is C15H12FN3O. The fourth-order valence-electron chi connectivity index (χ4n) is 1.78. The van der Waals surface area contributed by atoms with Crippen molar-refractivity contribution in [3.63, 3.8) is 0 Å². The van der Waals surface area contributed by atoms with Crippen molar-refractivity contribution in [3.05, 3.63) is 58.9 Å². The summed E-state index contributed by atoms with van der Waals surface area (Å²) in [5.74, 6) is -1.15. The molecule has 0 spiro atoms. The molecule has 0 saturated heterocycles. The van der Waals surface area contributed by atoms with E-state index in [1.54, 1.807) is 25.1 Å². The van der Waals surface area contributed by atoms with E-state index >= 15 is 0 Å². The largest absolute Gasteiger partial charge is 0.396 e. The van der Waals surface area contributed by atoms with Crippen molar-refractivity contribution in [1.29, 1.82) is 5.26 Å². The maximum Gasteiger partial charge on any atom is 0.255 e. The van der Waals surface area contributed by atoms with Crippen LogP contribution in [0.4, 0.5) is 15.8 Å². The molecule has 0 aliphatic heterocycles. The highest BCUT2D eigenvalue weighted by molar-refractivity contribution is 6.05. The number of amides is 1. The molecular weight excluding hydrogens is 257 g/mol. The first-order valence-corrected chi connectivity index (χ1v) is 5.89. The maximum absolute atomic E-state index is 13.3. The molecule has 0 saturated carbocycles. The summed E-state index contributed by atoms with van der Waals surface area (Å²) in [6, 6.07) is 11.0. The van der Waals surface area contributed by atoms with Crippen molar-refractivity contribution in [3.8, 4) is 6.07 Å². The van der Waals surface area contributed by atoms with Crippen molar-refractivity contribution in [1.82, 2.24) is 0 Å². The zero-order chi connectivity index (χ0) is 14.7. The second-order valence-electron chi connectivity index (χ2n) is 4.30. The lowest BCUT2D eigenvalue weighted by Gasteiger charge is -2.09. The molecule has 0 unspecified atom stereocenters. The molecule has 0 aromatic heterocycles. The Labute approximate surface area is 115 Å². The quantitative estimate of drug-likeness (QED) is 0.823. The molecule has 2 aromatic carbocycles. The first-order chi connectivity index (χ1) is 9.52. The van der Waals surface area contributed by atoms with E-state index in [9.17, 15) is 9.18 Å². The predicted molar refractivity (Wildman–Crippen MR) is 74.7 cm³/mol. The molecule has 5 heteroatoms. The number of nitriles is 1. The third kappa shape index (κ3) is 2.59. The normalized spacial score (nSPS) is 9.85. The van der Waals surface area contributed by atoms with E-state index in [1.807, 2.05) is 6.07 Å². The predicted octanol–water partition coefficient (Wildman–Crippen LogP) is 2.84. The standard InChI is InChI=1S/C15H12FN3O/c1-9-3-2-4-14(11(9)8-17)19-15(20)10-5-6-13(18)12(16)7-10/h2-7H,18H2,1H3,(H,19,20). The average molecular weight is 269 g/mol. The zero-order valence-electron chi connectivity index (χ0n) is 10.8. The monoisotopic (exact) mass is 269 g/mol. The lowest BCUT2D eigenvalue weighted by atomic mass is 10.1. The molecule has 2 rings (SSSR count). The number of aryl methyl sites for hydroxylation is 1. The molecule has 4 nitrogen and oxygen atoms in total. The molecule has 0 heterocycles. The minimum atomic E-state index is -0.651. The molecule has 0 aliphatic carbocycles. The molecule has 0 radical (unpaired) electrons. The highest BCUT2D eigenvalue weighted by Crippen LogP contribution is 2.20. The number of benzene rings is 2. The van der Waals surface area contributed by atoms with E-state index in [0.717, 1.165) is 11.6 Å². The number of nitrogen functional groups attached to an aromatic ring is 1. The summed E-state index contributed by atoms with van der Waals surface area (Å²) in [7, 11) is 0. The van der Waals surface area contributed by atoms with Gasteiger partial charge in [-0.25, -0.2) is 4.39 Å². The van der Waals surface area contributed by atoms with Crippen LogP contribution in [-0.4, -0.2) is 5.91 Å². The number of nitrogens with one attached hydrogen (secondary N) is 1. The molecule has 2 aromatic rings. The van der Waals surface area contributed by atoms with Gasteiger partial charge in [-0.15, -0.1) is 0 Å². The third-order valence-corrected chi connectivity index (χ3v) is 2.90. The molecule has 20 heavy (non-hydrogen) atoms. The molecule has 0 bridgehead atoms. The summed E-state index contributed by atoms with van der Waals surface area (Å²) in [6.45, 7) is 1.77. The van der Waals surface area contributed by atoms with Gasteiger partial charge in [0, 0.05) is 5.56 Å². The van der Waals surface area contributed by atoms with E-state index in [1.165, 1.54) is 12.1 Å². The van der Waals surface area contributed by atoms with Crippen LogP contribution in [0.3, 0.4) is 0 Å². The summed E-state index contributed by atoms with van der Waals surface area (Å²) in [4.78, 5) is 12.0. The van der Waals surface area contributed by atoms with E-state index in [2.05, 4.69) is 5.32 Å². The number of nitrogens with two attached hydrogens (primary N) is 1. The Balaban J connectivity index is 2.31. The van der Waals surface area contributed by atoms with E-state index in [0.29, 0.717) is 11.3 Å². The Hall–Kier alpha value is -2.87. The van der Waals surface area contributed by atoms with E-state index < -0.39 is 11.7 Å². The van der Waals surface area contributed by atoms with Crippen LogP contribution in [0, 0.1) is 24.1 Å². The zero-order valence-corrected chi connectivity index (χ0v) is 10.8. The summed E-state index contributed by atoms with van der Waals surface area (Å²) in [5.41, 5.74) is 7.02. The van der Waals surface area contributed by atoms with Crippen LogP contribution in [0.25, 0.3) is 0 Å². The Morgan fingerprint density at radius 1 is 1.35 bits per heavy atom. The van der Waals surface area contributed by atoms with Crippen LogP contribution in [0.15, 0.2) is 36.4 Å². The molecule has 100 valence electrons. The van der Waals surface area contributed by atoms with Crippen LogP contribution in [-0.2, 0) is 0 Å². The molecule has 0 aliphatic rings. The van der Waals surface area contributed by atoms with Gasteiger partial charge >= 0.3 is 0 Å². The van der Waals surface area contributed by atoms with E-state index in [4.69, 9.17) is 11.0 Å². The summed E-state index contributed by atoms with van der Waals surface area (Å²) in [5, 5.41) is 11.7. The number of nitrogens with zero attached hydrogens (tertiary/aromatic N) is 1. The first kappa shape index (κ1) is 13.6. The van der Waals surface area contributed by atoms with Gasteiger partial charge in [-0.2, -0.15) is 5.26 Å². The highest BCUT2D eigenvalue weighted by Gasteiger charge is 2.12. The lowest BCUT2D eigenvalue weighted by Crippen LogP contribution is -2.13. The van der Waals surface area contributed by atoms with Crippen molar-refractivity contribution in [2.45, 2.75) is 6.92 Å². The van der Waals surface area contributed by atoms with Gasteiger partial charge in [-0.05, 0) is 36.8 Å². The van der Waals surface area contributed by atoms with Crippen molar-refractivity contribution >= 4 is 17.3 Å².